The van der Waals surface area contributed by atoms with Crippen LogP contribution >= 0.6 is 0 Å². The molecule has 1 aliphatic rings. The molecule has 1 aliphatic heterocycles. The first-order chi connectivity index (χ1) is 15.2. The molecule has 0 bridgehead atoms. The van der Waals surface area contributed by atoms with E-state index in [0.29, 0.717) is 44.7 Å². The number of amides is 2. The average Bonchev–Trinajstić information content (AvgIpc) is 2.80. The van der Waals surface area contributed by atoms with Crippen molar-refractivity contribution in [2.45, 2.75) is 58.8 Å². The molecule has 32 heavy (non-hydrogen) atoms. The van der Waals surface area contributed by atoms with Crippen molar-refractivity contribution >= 4 is 33.2 Å². The van der Waals surface area contributed by atoms with Crippen LogP contribution in [0.5, 0.6) is 0 Å². The van der Waals surface area contributed by atoms with Gasteiger partial charge in [-0.1, -0.05) is 20.8 Å². The van der Waals surface area contributed by atoms with Gasteiger partial charge in [-0.05, 0) is 44.9 Å². The van der Waals surface area contributed by atoms with E-state index in [1.165, 1.54) is 4.31 Å². The molecule has 1 aromatic carbocycles. The van der Waals surface area contributed by atoms with Gasteiger partial charge in [-0.3, -0.25) is 9.59 Å². The van der Waals surface area contributed by atoms with E-state index in [9.17, 15) is 18.0 Å². The topological polar surface area (TPSA) is 90.0 Å². The summed E-state index contributed by atoms with van der Waals surface area (Å²) >= 11 is 0. The Hall–Kier alpha value is -2.13. The predicted octanol–water partition coefficient (Wildman–Crippen LogP) is 3.15. The fourth-order valence-corrected chi connectivity index (χ4v) is 5.69. The molecule has 8 nitrogen and oxygen atoms in total. The minimum absolute atomic E-state index is 0.0543. The number of hydrogen-bond acceptors (Lipinski definition) is 5. The van der Waals surface area contributed by atoms with Crippen LogP contribution in [0.15, 0.2) is 23.1 Å². The smallest absolute Gasteiger partial charge is 0.243 e. The summed E-state index contributed by atoms with van der Waals surface area (Å²) in [5, 5.41) is 2.99. The first-order valence-corrected chi connectivity index (χ1v) is 13.1. The van der Waals surface area contributed by atoms with Gasteiger partial charge in [-0.2, -0.15) is 4.31 Å². The molecule has 0 saturated carbocycles. The highest BCUT2D eigenvalue weighted by molar-refractivity contribution is 7.89. The van der Waals surface area contributed by atoms with Gasteiger partial charge in [0, 0.05) is 45.7 Å². The van der Waals surface area contributed by atoms with Crippen molar-refractivity contribution in [3.05, 3.63) is 18.2 Å². The highest BCUT2D eigenvalue weighted by Crippen LogP contribution is 2.31. The van der Waals surface area contributed by atoms with E-state index < -0.39 is 10.0 Å². The first-order valence-electron chi connectivity index (χ1n) is 11.7. The number of likely N-dealkylation sites (tertiary alicyclic amines) is 1. The number of anilines is 2. The molecule has 0 aliphatic carbocycles. The minimum Gasteiger partial charge on any atom is -0.370 e. The standard InChI is InChI=1S/C23H38N4O4S/c1-6-22(28)26-15-11-12-18(17-26)23(29)24-20-16-19(32(30,31)27(9-4)10-5)13-14-21(20)25(7-2)8-3/h13-14,16,18H,6-12,15,17H2,1-5H3,(H,24,29). The van der Waals surface area contributed by atoms with Gasteiger partial charge in [0.1, 0.15) is 0 Å². The Kier molecular flexibility index (Phi) is 9.51. The molecule has 1 fully saturated rings. The Balaban J connectivity index is 2.38. The number of carbonyl (C=O) groups excluding carboxylic acids is 2. The number of nitrogens with zero attached hydrogens (tertiary/aromatic N) is 3. The Morgan fingerprint density at radius 3 is 2.28 bits per heavy atom. The predicted molar refractivity (Wildman–Crippen MR) is 128 cm³/mol. The van der Waals surface area contributed by atoms with Gasteiger partial charge < -0.3 is 15.1 Å². The van der Waals surface area contributed by atoms with Gasteiger partial charge in [0.2, 0.25) is 21.8 Å². The second-order valence-corrected chi connectivity index (χ2v) is 9.90. The van der Waals surface area contributed by atoms with Crippen molar-refractivity contribution in [1.82, 2.24) is 9.21 Å². The van der Waals surface area contributed by atoms with Gasteiger partial charge in [0.15, 0.2) is 0 Å². The summed E-state index contributed by atoms with van der Waals surface area (Å²) < 4.78 is 27.5. The van der Waals surface area contributed by atoms with E-state index >= 15 is 0 Å². The Labute approximate surface area is 193 Å². The van der Waals surface area contributed by atoms with Gasteiger partial charge in [0.25, 0.3) is 0 Å². The van der Waals surface area contributed by atoms with Crippen molar-refractivity contribution in [2.24, 2.45) is 5.92 Å². The maximum atomic E-state index is 13.2. The van der Waals surface area contributed by atoms with Crippen LogP contribution in [0.4, 0.5) is 11.4 Å². The molecule has 0 radical (unpaired) electrons. The average molecular weight is 467 g/mol. The molecule has 1 aromatic rings. The summed E-state index contributed by atoms with van der Waals surface area (Å²) in [6.07, 6.45) is 1.91. The third kappa shape index (κ3) is 5.81. The Morgan fingerprint density at radius 2 is 1.72 bits per heavy atom. The fraction of sp³-hybridized carbons (Fsp3) is 0.652. The molecule has 180 valence electrons. The largest absolute Gasteiger partial charge is 0.370 e. The van der Waals surface area contributed by atoms with E-state index in [-0.39, 0.29) is 22.6 Å². The molecular formula is C23H38N4O4S. The highest BCUT2D eigenvalue weighted by Gasteiger charge is 2.29. The first kappa shape index (κ1) is 26.1. The molecule has 9 heteroatoms. The summed E-state index contributed by atoms with van der Waals surface area (Å²) in [5.74, 6) is -0.435. The van der Waals surface area contributed by atoms with Crippen LogP contribution in [0.1, 0.15) is 53.9 Å². The summed E-state index contributed by atoms with van der Waals surface area (Å²) in [4.78, 5) is 29.3. The minimum atomic E-state index is -3.65. The van der Waals surface area contributed by atoms with E-state index in [1.54, 1.807) is 36.9 Å². The lowest BCUT2D eigenvalue weighted by atomic mass is 9.96. The van der Waals surface area contributed by atoms with Crippen molar-refractivity contribution < 1.29 is 18.0 Å². The molecule has 1 saturated heterocycles. The SMILES string of the molecule is CCC(=O)N1CCCC(C(=O)Nc2cc(S(=O)(=O)N(CC)CC)ccc2N(CC)CC)C1. The maximum absolute atomic E-state index is 13.2. The normalized spacial score (nSPS) is 16.8. The molecule has 0 spiro atoms. The lowest BCUT2D eigenvalue weighted by molar-refractivity contribution is -0.134. The van der Waals surface area contributed by atoms with Crippen LogP contribution < -0.4 is 10.2 Å². The van der Waals surface area contributed by atoms with Gasteiger partial charge >= 0.3 is 0 Å². The Morgan fingerprint density at radius 1 is 1.06 bits per heavy atom. The zero-order valence-electron chi connectivity index (χ0n) is 20.1. The van der Waals surface area contributed by atoms with Crippen molar-refractivity contribution in [1.29, 1.82) is 0 Å². The zero-order chi connectivity index (χ0) is 23.9. The zero-order valence-corrected chi connectivity index (χ0v) is 20.9. The van der Waals surface area contributed by atoms with E-state index in [2.05, 4.69) is 10.2 Å². The third-order valence-corrected chi connectivity index (χ3v) is 8.17. The number of hydrogen-bond donors (Lipinski definition) is 1. The van der Waals surface area contributed by atoms with Crippen molar-refractivity contribution in [3.8, 4) is 0 Å². The number of piperidine rings is 1. The number of carbonyl (C=O) groups is 2. The van der Waals surface area contributed by atoms with E-state index in [1.807, 2.05) is 20.8 Å². The van der Waals surface area contributed by atoms with Crippen LogP contribution in [0.2, 0.25) is 0 Å². The van der Waals surface area contributed by atoms with Crippen LogP contribution in [-0.4, -0.2) is 68.7 Å². The van der Waals surface area contributed by atoms with Crippen LogP contribution in [-0.2, 0) is 19.6 Å². The van der Waals surface area contributed by atoms with Gasteiger partial charge in [0.05, 0.1) is 22.2 Å². The second kappa shape index (κ2) is 11.7. The third-order valence-electron chi connectivity index (χ3n) is 6.12. The van der Waals surface area contributed by atoms with Crippen molar-refractivity contribution in [3.63, 3.8) is 0 Å². The lowest BCUT2D eigenvalue weighted by Gasteiger charge is -2.32. The molecule has 1 N–H and O–H groups in total. The van der Waals surface area contributed by atoms with Crippen LogP contribution in [0.25, 0.3) is 0 Å². The van der Waals surface area contributed by atoms with Crippen LogP contribution in [0, 0.1) is 5.92 Å². The summed E-state index contributed by atoms with van der Waals surface area (Å²) in [7, 11) is -3.65. The molecule has 0 aromatic heterocycles. The van der Waals surface area contributed by atoms with E-state index in [0.717, 1.165) is 25.2 Å². The molecule has 1 heterocycles. The maximum Gasteiger partial charge on any atom is 0.243 e. The molecule has 2 amide bonds. The number of sulfonamides is 1. The molecule has 1 unspecified atom stereocenters. The number of rotatable bonds is 10. The quantitative estimate of drug-likeness (QED) is 0.572. The number of benzene rings is 1. The fourth-order valence-electron chi connectivity index (χ4n) is 4.20. The van der Waals surface area contributed by atoms with Crippen molar-refractivity contribution in [2.75, 3.05) is 49.5 Å². The summed E-state index contributed by atoms with van der Waals surface area (Å²) in [6.45, 7) is 12.8. The molecule has 2 rings (SSSR count). The number of nitrogens with one attached hydrogen (secondary N) is 1. The summed E-state index contributed by atoms with van der Waals surface area (Å²) in [5.41, 5.74) is 1.28. The second-order valence-electron chi connectivity index (χ2n) is 7.96. The van der Waals surface area contributed by atoms with Crippen LogP contribution in [0.3, 0.4) is 0 Å². The highest BCUT2D eigenvalue weighted by atomic mass is 32.2. The molecular weight excluding hydrogens is 428 g/mol. The lowest BCUT2D eigenvalue weighted by Crippen LogP contribution is -2.43. The van der Waals surface area contributed by atoms with Gasteiger partial charge in [-0.15, -0.1) is 0 Å². The molecule has 1 atom stereocenters. The van der Waals surface area contributed by atoms with E-state index in [4.69, 9.17) is 0 Å². The van der Waals surface area contributed by atoms with Gasteiger partial charge in [-0.25, -0.2) is 8.42 Å². The monoisotopic (exact) mass is 466 g/mol. The summed E-state index contributed by atoms with van der Waals surface area (Å²) in [6, 6.07) is 4.95. The Bertz CT molecular complexity index is 895.